The van der Waals surface area contributed by atoms with E-state index in [2.05, 4.69) is 48.3 Å². The van der Waals surface area contributed by atoms with Crippen molar-refractivity contribution in [1.82, 2.24) is 14.9 Å². The maximum Gasteiger partial charge on any atom is 0.160 e. The van der Waals surface area contributed by atoms with Gasteiger partial charge in [0.05, 0.1) is 11.2 Å². The lowest BCUT2D eigenvalue weighted by molar-refractivity contribution is 0.254. The third-order valence-corrected chi connectivity index (χ3v) is 4.77. The van der Waals surface area contributed by atoms with E-state index >= 15 is 0 Å². The van der Waals surface area contributed by atoms with E-state index in [1.807, 2.05) is 18.2 Å². The number of fused-ring (bicyclic) bond motifs is 1. The topological polar surface area (TPSA) is 29.0 Å². The Morgan fingerprint density at radius 1 is 0.870 bits per heavy atom. The van der Waals surface area contributed by atoms with Gasteiger partial charge in [0.15, 0.2) is 5.82 Å². The standard InChI is InChI=1S/C20H21N3/c1-23-13-11-15(12-14-23)19-17-9-5-6-10-18(17)21-20(22-19)16-7-3-2-4-8-16/h2-10,15H,11-14H2,1H3. The van der Waals surface area contributed by atoms with Crippen LogP contribution in [0.2, 0.25) is 0 Å². The first kappa shape index (κ1) is 14.3. The lowest BCUT2D eigenvalue weighted by atomic mass is 9.91. The van der Waals surface area contributed by atoms with Gasteiger partial charge in [-0.25, -0.2) is 9.97 Å². The number of likely N-dealkylation sites (tertiary alicyclic amines) is 1. The van der Waals surface area contributed by atoms with Crippen molar-refractivity contribution in [3.05, 3.63) is 60.3 Å². The van der Waals surface area contributed by atoms with Gasteiger partial charge in [-0.1, -0.05) is 48.5 Å². The first-order valence-electron chi connectivity index (χ1n) is 8.32. The van der Waals surface area contributed by atoms with Crippen LogP contribution in [0.25, 0.3) is 22.3 Å². The van der Waals surface area contributed by atoms with E-state index in [9.17, 15) is 0 Å². The number of benzene rings is 2. The second kappa shape index (κ2) is 6.09. The molecule has 2 heterocycles. The Balaban J connectivity index is 1.84. The second-order valence-corrected chi connectivity index (χ2v) is 6.39. The van der Waals surface area contributed by atoms with Crippen molar-refractivity contribution in [3.63, 3.8) is 0 Å². The molecule has 0 unspecified atom stereocenters. The lowest BCUT2D eigenvalue weighted by Crippen LogP contribution is -2.29. The molecule has 1 saturated heterocycles. The summed E-state index contributed by atoms with van der Waals surface area (Å²) in [6, 6.07) is 18.7. The molecule has 0 amide bonds. The van der Waals surface area contributed by atoms with Gasteiger partial charge in [0.1, 0.15) is 0 Å². The van der Waals surface area contributed by atoms with E-state index in [-0.39, 0.29) is 0 Å². The van der Waals surface area contributed by atoms with Gasteiger partial charge in [0.2, 0.25) is 0 Å². The summed E-state index contributed by atoms with van der Waals surface area (Å²) in [7, 11) is 2.20. The summed E-state index contributed by atoms with van der Waals surface area (Å²) in [6.07, 6.45) is 2.34. The molecular formula is C20H21N3. The van der Waals surface area contributed by atoms with Gasteiger partial charge >= 0.3 is 0 Å². The number of hydrogen-bond acceptors (Lipinski definition) is 3. The van der Waals surface area contributed by atoms with E-state index in [1.165, 1.54) is 23.9 Å². The second-order valence-electron chi connectivity index (χ2n) is 6.39. The molecule has 0 saturated carbocycles. The Labute approximate surface area is 137 Å². The average Bonchev–Trinajstić information content (AvgIpc) is 2.62. The summed E-state index contributed by atoms with van der Waals surface area (Å²) >= 11 is 0. The predicted octanol–water partition coefficient (Wildman–Crippen LogP) is 4.11. The number of piperidine rings is 1. The Kier molecular flexibility index (Phi) is 3.80. The molecule has 1 fully saturated rings. The molecule has 1 aliphatic rings. The molecule has 2 aromatic carbocycles. The summed E-state index contributed by atoms with van der Waals surface area (Å²) in [5, 5.41) is 1.21. The van der Waals surface area contributed by atoms with Crippen LogP contribution in [0.4, 0.5) is 0 Å². The van der Waals surface area contributed by atoms with E-state index in [0.29, 0.717) is 5.92 Å². The minimum absolute atomic E-state index is 0.529. The summed E-state index contributed by atoms with van der Waals surface area (Å²) in [6.45, 7) is 2.29. The molecule has 1 aliphatic heterocycles. The molecule has 0 spiro atoms. The van der Waals surface area contributed by atoms with Crippen molar-refractivity contribution in [2.45, 2.75) is 18.8 Å². The van der Waals surface area contributed by atoms with Crippen molar-refractivity contribution in [3.8, 4) is 11.4 Å². The molecule has 3 aromatic rings. The Morgan fingerprint density at radius 2 is 1.57 bits per heavy atom. The van der Waals surface area contributed by atoms with Crippen LogP contribution in [0.1, 0.15) is 24.5 Å². The number of hydrogen-bond donors (Lipinski definition) is 0. The van der Waals surface area contributed by atoms with Crippen molar-refractivity contribution < 1.29 is 0 Å². The summed E-state index contributed by atoms with van der Waals surface area (Å²) in [5.41, 5.74) is 3.37. The summed E-state index contributed by atoms with van der Waals surface area (Å²) in [5.74, 6) is 1.37. The van der Waals surface area contributed by atoms with Crippen LogP contribution in [-0.2, 0) is 0 Å². The Morgan fingerprint density at radius 3 is 2.35 bits per heavy atom. The monoisotopic (exact) mass is 303 g/mol. The first-order chi connectivity index (χ1) is 11.3. The number of para-hydroxylation sites is 1. The fourth-order valence-corrected chi connectivity index (χ4v) is 3.41. The highest BCUT2D eigenvalue weighted by molar-refractivity contribution is 5.83. The first-order valence-corrected chi connectivity index (χ1v) is 8.32. The smallest absolute Gasteiger partial charge is 0.160 e. The lowest BCUT2D eigenvalue weighted by Gasteiger charge is -2.29. The van der Waals surface area contributed by atoms with Crippen LogP contribution < -0.4 is 0 Å². The molecule has 0 bridgehead atoms. The van der Waals surface area contributed by atoms with Gasteiger partial charge < -0.3 is 4.90 Å². The largest absolute Gasteiger partial charge is 0.306 e. The van der Waals surface area contributed by atoms with Gasteiger partial charge in [0, 0.05) is 16.9 Å². The molecule has 3 heteroatoms. The number of rotatable bonds is 2. The molecule has 3 nitrogen and oxygen atoms in total. The molecular weight excluding hydrogens is 282 g/mol. The molecule has 0 radical (unpaired) electrons. The van der Waals surface area contributed by atoms with Crippen molar-refractivity contribution >= 4 is 10.9 Å². The van der Waals surface area contributed by atoms with Gasteiger partial charge in [-0.3, -0.25) is 0 Å². The maximum atomic E-state index is 4.99. The van der Waals surface area contributed by atoms with Crippen LogP contribution in [0.3, 0.4) is 0 Å². The fraction of sp³-hybridized carbons (Fsp3) is 0.300. The van der Waals surface area contributed by atoms with Crippen LogP contribution in [-0.4, -0.2) is 35.0 Å². The van der Waals surface area contributed by atoms with Crippen LogP contribution >= 0.6 is 0 Å². The van der Waals surface area contributed by atoms with E-state index in [0.717, 1.165) is 30.0 Å². The van der Waals surface area contributed by atoms with E-state index in [1.54, 1.807) is 0 Å². The quantitative estimate of drug-likeness (QED) is 0.713. The molecule has 23 heavy (non-hydrogen) atoms. The van der Waals surface area contributed by atoms with E-state index < -0.39 is 0 Å². The van der Waals surface area contributed by atoms with Crippen molar-refractivity contribution in [1.29, 1.82) is 0 Å². The minimum atomic E-state index is 0.529. The van der Waals surface area contributed by atoms with Crippen LogP contribution in [0.15, 0.2) is 54.6 Å². The molecule has 4 rings (SSSR count). The van der Waals surface area contributed by atoms with Gasteiger partial charge in [-0.2, -0.15) is 0 Å². The van der Waals surface area contributed by atoms with Gasteiger partial charge in [0.25, 0.3) is 0 Å². The summed E-state index contributed by atoms with van der Waals surface area (Å²) in [4.78, 5) is 12.2. The van der Waals surface area contributed by atoms with Crippen LogP contribution in [0, 0.1) is 0 Å². The minimum Gasteiger partial charge on any atom is -0.306 e. The zero-order chi connectivity index (χ0) is 15.6. The zero-order valence-electron chi connectivity index (χ0n) is 13.4. The normalized spacial score (nSPS) is 16.7. The third-order valence-electron chi connectivity index (χ3n) is 4.77. The number of aromatic nitrogens is 2. The highest BCUT2D eigenvalue weighted by Gasteiger charge is 2.22. The Bertz CT molecular complexity index is 805. The van der Waals surface area contributed by atoms with E-state index in [4.69, 9.17) is 9.97 Å². The molecule has 0 N–H and O–H groups in total. The molecule has 0 atom stereocenters. The van der Waals surface area contributed by atoms with Crippen molar-refractivity contribution in [2.75, 3.05) is 20.1 Å². The van der Waals surface area contributed by atoms with Gasteiger partial charge in [-0.15, -0.1) is 0 Å². The maximum absolute atomic E-state index is 4.99. The number of nitrogens with zero attached hydrogens (tertiary/aromatic N) is 3. The third kappa shape index (κ3) is 2.84. The molecule has 0 aliphatic carbocycles. The predicted molar refractivity (Wildman–Crippen MR) is 94.4 cm³/mol. The average molecular weight is 303 g/mol. The summed E-state index contributed by atoms with van der Waals surface area (Å²) < 4.78 is 0. The highest BCUT2D eigenvalue weighted by atomic mass is 15.1. The molecule has 1 aromatic heterocycles. The zero-order valence-corrected chi connectivity index (χ0v) is 13.4. The highest BCUT2D eigenvalue weighted by Crippen LogP contribution is 2.32. The molecule has 116 valence electrons. The Hall–Kier alpha value is -2.26. The van der Waals surface area contributed by atoms with Gasteiger partial charge in [-0.05, 0) is 39.0 Å². The van der Waals surface area contributed by atoms with Crippen LogP contribution in [0.5, 0.6) is 0 Å². The van der Waals surface area contributed by atoms with Crippen molar-refractivity contribution in [2.24, 2.45) is 0 Å². The fourth-order valence-electron chi connectivity index (χ4n) is 3.41. The SMILES string of the molecule is CN1CCC(c2nc(-c3ccccc3)nc3ccccc23)CC1.